The lowest BCUT2D eigenvalue weighted by atomic mass is 10.2. The van der Waals surface area contributed by atoms with Gasteiger partial charge >= 0.3 is 0 Å². The molecular formula is C13H8Cl4FN. The molecule has 0 fully saturated rings. The zero-order valence-corrected chi connectivity index (χ0v) is 12.5. The van der Waals surface area contributed by atoms with Crippen LogP contribution in [0.3, 0.4) is 0 Å². The fourth-order valence-corrected chi connectivity index (χ4v) is 2.63. The van der Waals surface area contributed by atoms with E-state index in [0.717, 1.165) is 5.56 Å². The monoisotopic (exact) mass is 337 g/mol. The first-order valence-corrected chi connectivity index (χ1v) is 6.81. The molecule has 6 heteroatoms. The van der Waals surface area contributed by atoms with Crippen LogP contribution in [-0.4, -0.2) is 0 Å². The van der Waals surface area contributed by atoms with Crippen LogP contribution in [-0.2, 0) is 6.54 Å². The lowest BCUT2D eigenvalue weighted by Gasteiger charge is -2.11. The molecule has 0 aliphatic heterocycles. The fraction of sp³-hybridized carbons (Fsp3) is 0.0769. The number of hydrogen-bond acceptors (Lipinski definition) is 1. The maximum atomic E-state index is 13.0. The van der Waals surface area contributed by atoms with Gasteiger partial charge in [0.2, 0.25) is 0 Å². The summed E-state index contributed by atoms with van der Waals surface area (Å²) < 4.78 is 13.0. The lowest BCUT2D eigenvalue weighted by molar-refractivity contribution is 0.628. The van der Waals surface area contributed by atoms with Gasteiger partial charge in [0.25, 0.3) is 0 Å². The van der Waals surface area contributed by atoms with Gasteiger partial charge in [0.15, 0.2) is 0 Å². The Bertz CT molecular complexity index is 593. The van der Waals surface area contributed by atoms with Crippen LogP contribution in [0.5, 0.6) is 0 Å². The van der Waals surface area contributed by atoms with E-state index in [0.29, 0.717) is 22.3 Å². The van der Waals surface area contributed by atoms with Crippen LogP contribution in [0.4, 0.5) is 10.1 Å². The fourth-order valence-electron chi connectivity index (χ4n) is 1.56. The van der Waals surface area contributed by atoms with Crippen molar-refractivity contribution < 1.29 is 4.39 Å². The van der Waals surface area contributed by atoms with Gasteiger partial charge in [-0.25, -0.2) is 4.39 Å². The van der Waals surface area contributed by atoms with Gasteiger partial charge in [-0.15, -0.1) is 0 Å². The van der Waals surface area contributed by atoms with E-state index in [9.17, 15) is 4.39 Å². The van der Waals surface area contributed by atoms with Crippen molar-refractivity contribution in [2.24, 2.45) is 0 Å². The minimum Gasteiger partial charge on any atom is -0.378 e. The van der Waals surface area contributed by atoms with Gasteiger partial charge < -0.3 is 5.32 Å². The van der Waals surface area contributed by atoms with E-state index in [4.69, 9.17) is 46.4 Å². The van der Waals surface area contributed by atoms with E-state index in [1.54, 1.807) is 18.2 Å². The predicted molar refractivity (Wildman–Crippen MR) is 80.2 cm³/mol. The summed E-state index contributed by atoms with van der Waals surface area (Å²) >= 11 is 23.7. The zero-order chi connectivity index (χ0) is 14.0. The topological polar surface area (TPSA) is 12.0 Å². The second-order valence-electron chi connectivity index (χ2n) is 3.83. The smallest absolute Gasteiger partial charge is 0.126 e. The molecule has 19 heavy (non-hydrogen) atoms. The third-order valence-corrected chi connectivity index (χ3v) is 3.66. The van der Waals surface area contributed by atoms with Crippen LogP contribution in [0, 0.1) is 5.82 Å². The Labute approximate surface area is 130 Å². The second-order valence-corrected chi connectivity index (χ2v) is 5.49. The van der Waals surface area contributed by atoms with Crippen LogP contribution >= 0.6 is 46.4 Å². The third kappa shape index (κ3) is 3.67. The normalized spacial score (nSPS) is 10.6. The molecule has 0 amide bonds. The Hall–Kier alpha value is -0.670. The summed E-state index contributed by atoms with van der Waals surface area (Å²) in [6, 6.07) is 7.56. The molecule has 0 aromatic heterocycles. The van der Waals surface area contributed by atoms with E-state index in [-0.39, 0.29) is 10.0 Å². The van der Waals surface area contributed by atoms with Crippen LogP contribution in [0.2, 0.25) is 20.1 Å². The maximum absolute atomic E-state index is 13.0. The minimum atomic E-state index is -0.481. The van der Waals surface area contributed by atoms with Gasteiger partial charge in [-0.1, -0.05) is 52.5 Å². The summed E-state index contributed by atoms with van der Waals surface area (Å²) in [4.78, 5) is 0. The molecule has 1 nitrogen and oxygen atoms in total. The number of halogens is 5. The summed E-state index contributed by atoms with van der Waals surface area (Å²) in [7, 11) is 0. The third-order valence-electron chi connectivity index (χ3n) is 2.48. The van der Waals surface area contributed by atoms with Gasteiger partial charge in [-0.2, -0.15) is 0 Å². The van der Waals surface area contributed by atoms with Gasteiger partial charge in [0.05, 0.1) is 15.7 Å². The highest BCUT2D eigenvalue weighted by Crippen LogP contribution is 2.32. The maximum Gasteiger partial charge on any atom is 0.126 e. The quantitative estimate of drug-likeness (QED) is 0.718. The Morgan fingerprint density at radius 3 is 2.11 bits per heavy atom. The standard InChI is InChI=1S/C13H8Cl4FN/c14-8-2-1-7(10(15)3-8)6-19-13-11(16)4-9(18)5-12(13)17/h1-5,19H,6H2. The average molecular weight is 339 g/mol. The number of benzene rings is 2. The molecule has 2 aromatic rings. The van der Waals surface area contributed by atoms with E-state index < -0.39 is 5.82 Å². The Balaban J connectivity index is 2.19. The van der Waals surface area contributed by atoms with Crippen molar-refractivity contribution in [2.75, 3.05) is 5.32 Å². The summed E-state index contributed by atoms with van der Waals surface area (Å²) in [5.74, 6) is -0.481. The first-order valence-electron chi connectivity index (χ1n) is 5.29. The molecular weight excluding hydrogens is 331 g/mol. The van der Waals surface area contributed by atoms with Crippen LogP contribution in [0.1, 0.15) is 5.56 Å². The molecule has 0 atom stereocenters. The van der Waals surface area contributed by atoms with Crippen molar-refractivity contribution in [1.82, 2.24) is 0 Å². The Morgan fingerprint density at radius 1 is 0.895 bits per heavy atom. The largest absolute Gasteiger partial charge is 0.378 e. The molecule has 100 valence electrons. The zero-order valence-electron chi connectivity index (χ0n) is 9.48. The van der Waals surface area contributed by atoms with Crippen molar-refractivity contribution in [3.8, 4) is 0 Å². The van der Waals surface area contributed by atoms with E-state index in [2.05, 4.69) is 5.32 Å². The average Bonchev–Trinajstić information content (AvgIpc) is 2.30. The van der Waals surface area contributed by atoms with Crippen molar-refractivity contribution in [3.63, 3.8) is 0 Å². The summed E-state index contributed by atoms with van der Waals surface area (Å²) in [5, 5.41) is 4.56. The summed E-state index contributed by atoms with van der Waals surface area (Å²) in [5.41, 5.74) is 1.30. The summed E-state index contributed by atoms with van der Waals surface area (Å²) in [6.07, 6.45) is 0. The summed E-state index contributed by atoms with van der Waals surface area (Å²) in [6.45, 7) is 0.404. The minimum absolute atomic E-state index is 0.218. The number of rotatable bonds is 3. The molecule has 0 aliphatic rings. The molecule has 0 heterocycles. The first-order chi connectivity index (χ1) is 8.97. The second kappa shape index (κ2) is 6.19. The molecule has 2 aromatic carbocycles. The van der Waals surface area contributed by atoms with Crippen molar-refractivity contribution in [3.05, 3.63) is 61.8 Å². The van der Waals surface area contributed by atoms with Gasteiger partial charge in [0.1, 0.15) is 5.82 Å². The van der Waals surface area contributed by atoms with E-state index in [1.165, 1.54) is 12.1 Å². The SMILES string of the molecule is Fc1cc(Cl)c(NCc2ccc(Cl)cc2Cl)c(Cl)c1. The van der Waals surface area contributed by atoms with Gasteiger partial charge in [-0.05, 0) is 29.8 Å². The molecule has 1 N–H and O–H groups in total. The molecule has 0 spiro atoms. The first kappa shape index (κ1) is 14.7. The van der Waals surface area contributed by atoms with Gasteiger partial charge in [0, 0.05) is 16.6 Å². The van der Waals surface area contributed by atoms with Crippen molar-refractivity contribution in [2.45, 2.75) is 6.54 Å². The van der Waals surface area contributed by atoms with E-state index in [1.807, 2.05) is 0 Å². The molecule has 0 unspecified atom stereocenters. The number of hydrogen-bond donors (Lipinski definition) is 1. The molecule has 0 bridgehead atoms. The van der Waals surface area contributed by atoms with Crippen LogP contribution in [0.15, 0.2) is 30.3 Å². The van der Waals surface area contributed by atoms with Crippen LogP contribution in [0.25, 0.3) is 0 Å². The molecule has 2 rings (SSSR count). The van der Waals surface area contributed by atoms with Crippen LogP contribution < -0.4 is 5.32 Å². The highest BCUT2D eigenvalue weighted by atomic mass is 35.5. The Morgan fingerprint density at radius 2 is 1.53 bits per heavy atom. The van der Waals surface area contributed by atoms with Crippen molar-refractivity contribution >= 4 is 52.1 Å². The lowest BCUT2D eigenvalue weighted by Crippen LogP contribution is -2.01. The highest BCUT2D eigenvalue weighted by molar-refractivity contribution is 6.39. The van der Waals surface area contributed by atoms with Crippen molar-refractivity contribution in [1.29, 1.82) is 0 Å². The Kier molecular flexibility index (Phi) is 4.80. The number of anilines is 1. The molecule has 0 saturated carbocycles. The predicted octanol–water partition coefficient (Wildman–Crippen LogP) is 6.05. The number of nitrogens with one attached hydrogen (secondary N) is 1. The highest BCUT2D eigenvalue weighted by Gasteiger charge is 2.09. The molecule has 0 saturated heterocycles. The van der Waals surface area contributed by atoms with Gasteiger partial charge in [-0.3, -0.25) is 0 Å². The molecule has 0 aliphatic carbocycles. The molecule has 0 radical (unpaired) electrons. The van der Waals surface area contributed by atoms with E-state index >= 15 is 0 Å².